The molecule has 0 aliphatic carbocycles. The fourth-order valence-corrected chi connectivity index (χ4v) is 6.04. The summed E-state index contributed by atoms with van der Waals surface area (Å²) in [7, 11) is 1.60. The second-order valence-electron chi connectivity index (χ2n) is 10.5. The summed E-state index contributed by atoms with van der Waals surface area (Å²) in [5.74, 6) is -0.592. The lowest BCUT2D eigenvalue weighted by molar-refractivity contribution is -0.135. The summed E-state index contributed by atoms with van der Waals surface area (Å²) >= 11 is 3.37. The molecule has 1 saturated heterocycles. The number of anilines is 1. The molecule has 1 fully saturated rings. The van der Waals surface area contributed by atoms with Gasteiger partial charge in [0.05, 0.1) is 24.6 Å². The van der Waals surface area contributed by atoms with Gasteiger partial charge in [-0.05, 0) is 64.4 Å². The van der Waals surface area contributed by atoms with Crippen LogP contribution in [0.25, 0.3) is 10.8 Å². The number of fused-ring (bicyclic) bond motifs is 2. The number of imide groups is 1. The SMILES string of the molecule is COc1ccc(C2CC(c3ccc4ccccc4c3)=NN2C(=O)CN2N=NC3C(=O)N(c4ccc(Br)cc4)C(=O)C32)cc1. The van der Waals surface area contributed by atoms with E-state index in [1.54, 1.807) is 31.4 Å². The maximum absolute atomic E-state index is 13.9. The average molecular weight is 637 g/mol. The molecule has 0 N–H and O–H groups in total. The van der Waals surface area contributed by atoms with Gasteiger partial charge in [0.1, 0.15) is 12.3 Å². The molecule has 11 heteroatoms. The topological polar surface area (TPSA) is 107 Å². The number of nitrogens with zero attached hydrogens (tertiary/aromatic N) is 6. The second kappa shape index (κ2) is 10.7. The molecule has 4 aromatic rings. The summed E-state index contributed by atoms with van der Waals surface area (Å²) in [6, 6.07) is 26.3. The van der Waals surface area contributed by atoms with E-state index in [1.807, 2.05) is 54.6 Å². The number of amides is 3. The molecule has 3 amide bonds. The Bertz CT molecular complexity index is 1820. The zero-order valence-electron chi connectivity index (χ0n) is 23.0. The van der Waals surface area contributed by atoms with Crippen molar-refractivity contribution in [1.82, 2.24) is 10.0 Å². The molecule has 0 aromatic heterocycles. The molecule has 3 atom stereocenters. The molecule has 43 heavy (non-hydrogen) atoms. The lowest BCUT2D eigenvalue weighted by Gasteiger charge is -2.25. The molecule has 3 aliphatic heterocycles. The number of ether oxygens (including phenoxy) is 1. The highest BCUT2D eigenvalue weighted by Gasteiger charge is 2.55. The lowest BCUT2D eigenvalue weighted by Crippen LogP contribution is -2.44. The van der Waals surface area contributed by atoms with Gasteiger partial charge in [-0.2, -0.15) is 10.2 Å². The van der Waals surface area contributed by atoms with Crippen molar-refractivity contribution in [3.8, 4) is 5.75 Å². The summed E-state index contributed by atoms with van der Waals surface area (Å²) < 4.78 is 6.15. The van der Waals surface area contributed by atoms with Gasteiger partial charge in [0, 0.05) is 10.9 Å². The monoisotopic (exact) mass is 636 g/mol. The van der Waals surface area contributed by atoms with E-state index in [4.69, 9.17) is 9.84 Å². The normalized spacial score (nSPS) is 21.1. The molecule has 3 unspecified atom stereocenters. The number of halogens is 1. The highest BCUT2D eigenvalue weighted by molar-refractivity contribution is 9.10. The Labute approximate surface area is 255 Å². The Morgan fingerprint density at radius 1 is 0.930 bits per heavy atom. The minimum absolute atomic E-state index is 0.265. The van der Waals surface area contributed by atoms with Crippen LogP contribution in [0.3, 0.4) is 0 Å². The maximum Gasteiger partial charge on any atom is 0.264 e. The van der Waals surface area contributed by atoms with Crippen LogP contribution in [0.15, 0.2) is 111 Å². The molecule has 0 saturated carbocycles. The van der Waals surface area contributed by atoms with Gasteiger partial charge >= 0.3 is 0 Å². The van der Waals surface area contributed by atoms with Crippen LogP contribution in [-0.2, 0) is 14.4 Å². The predicted octanol–water partition coefficient (Wildman–Crippen LogP) is 5.28. The summed E-state index contributed by atoms with van der Waals surface area (Å²) in [5, 5.41) is 17.9. The third-order valence-corrected chi connectivity index (χ3v) is 8.52. The molecular weight excluding hydrogens is 612 g/mol. The molecular formula is C32H25BrN6O4. The predicted molar refractivity (Wildman–Crippen MR) is 163 cm³/mol. The zero-order chi connectivity index (χ0) is 29.7. The van der Waals surface area contributed by atoms with Gasteiger partial charge in [0.25, 0.3) is 17.7 Å². The first-order valence-corrected chi connectivity index (χ1v) is 14.5. The number of hydrazone groups is 1. The fourth-order valence-electron chi connectivity index (χ4n) is 5.78. The maximum atomic E-state index is 13.9. The van der Waals surface area contributed by atoms with Crippen molar-refractivity contribution in [2.24, 2.45) is 15.4 Å². The largest absolute Gasteiger partial charge is 0.497 e. The van der Waals surface area contributed by atoms with Crippen LogP contribution in [0, 0.1) is 0 Å². The van der Waals surface area contributed by atoms with Gasteiger partial charge in [-0.3, -0.25) is 19.4 Å². The first-order chi connectivity index (χ1) is 20.9. The first kappa shape index (κ1) is 27.0. The highest BCUT2D eigenvalue weighted by atomic mass is 79.9. The van der Waals surface area contributed by atoms with Gasteiger partial charge in [-0.1, -0.05) is 69.7 Å². The van der Waals surface area contributed by atoms with Crippen molar-refractivity contribution in [3.05, 3.63) is 107 Å². The van der Waals surface area contributed by atoms with Crippen LogP contribution in [0.5, 0.6) is 5.75 Å². The van der Waals surface area contributed by atoms with Crippen molar-refractivity contribution in [3.63, 3.8) is 0 Å². The summed E-state index contributed by atoms with van der Waals surface area (Å²) in [6.07, 6.45) is 0.499. The Morgan fingerprint density at radius 2 is 1.67 bits per heavy atom. The standard InChI is InChI=1S/C32H25BrN6O4/c1-43-25-14-8-20(9-15-25)27-17-26(22-7-6-19-4-2-3-5-21(19)16-22)35-39(27)28(40)18-37-30-29(34-36-37)31(41)38(32(30)42)24-12-10-23(33)11-13-24/h2-16,27,29-30H,17-18H2,1H3. The molecule has 0 spiro atoms. The number of benzene rings is 4. The van der Waals surface area contributed by atoms with E-state index in [1.165, 1.54) is 10.0 Å². The average Bonchev–Trinajstić information content (AvgIpc) is 3.73. The number of hydrogen-bond acceptors (Lipinski definition) is 8. The summed E-state index contributed by atoms with van der Waals surface area (Å²) in [4.78, 5) is 41.6. The van der Waals surface area contributed by atoms with Gasteiger partial charge in [-0.15, -0.1) is 0 Å². The highest BCUT2D eigenvalue weighted by Crippen LogP contribution is 2.36. The van der Waals surface area contributed by atoms with Crippen LogP contribution < -0.4 is 9.64 Å². The van der Waals surface area contributed by atoms with Crippen molar-refractivity contribution < 1.29 is 19.1 Å². The molecule has 3 heterocycles. The van der Waals surface area contributed by atoms with Gasteiger partial charge in [0.15, 0.2) is 12.1 Å². The van der Waals surface area contributed by atoms with E-state index in [0.717, 1.165) is 37.0 Å². The molecule has 214 valence electrons. The van der Waals surface area contributed by atoms with Crippen LogP contribution >= 0.6 is 15.9 Å². The number of methoxy groups -OCH3 is 1. The minimum atomic E-state index is -1.00. The quantitative estimate of drug-likeness (QED) is 0.268. The smallest absolute Gasteiger partial charge is 0.264 e. The van der Waals surface area contributed by atoms with Gasteiger partial charge in [0.2, 0.25) is 0 Å². The Kier molecular flexibility index (Phi) is 6.73. The number of carbonyl (C=O) groups excluding carboxylic acids is 3. The summed E-state index contributed by atoms with van der Waals surface area (Å²) in [5.41, 5.74) is 3.03. The van der Waals surface area contributed by atoms with Gasteiger partial charge in [-0.25, -0.2) is 9.91 Å². The Morgan fingerprint density at radius 3 is 2.42 bits per heavy atom. The van der Waals surface area contributed by atoms with Crippen LogP contribution in [0.1, 0.15) is 23.6 Å². The van der Waals surface area contributed by atoms with Gasteiger partial charge < -0.3 is 4.74 Å². The van der Waals surface area contributed by atoms with E-state index in [0.29, 0.717) is 17.9 Å². The lowest BCUT2D eigenvalue weighted by atomic mass is 9.97. The minimum Gasteiger partial charge on any atom is -0.497 e. The van der Waals surface area contributed by atoms with E-state index in [9.17, 15) is 14.4 Å². The van der Waals surface area contributed by atoms with Crippen LogP contribution in [-0.4, -0.2) is 59.2 Å². The Balaban J connectivity index is 1.17. The van der Waals surface area contributed by atoms with E-state index in [-0.39, 0.29) is 18.5 Å². The van der Waals surface area contributed by atoms with E-state index in [2.05, 4.69) is 38.4 Å². The van der Waals surface area contributed by atoms with Crippen molar-refractivity contribution in [2.75, 3.05) is 18.6 Å². The number of carbonyl (C=O) groups is 3. The fraction of sp³-hybridized carbons (Fsp3) is 0.188. The van der Waals surface area contributed by atoms with Crippen molar-refractivity contribution in [1.29, 1.82) is 0 Å². The molecule has 0 bridgehead atoms. The van der Waals surface area contributed by atoms with E-state index >= 15 is 0 Å². The molecule has 4 aromatic carbocycles. The zero-order valence-corrected chi connectivity index (χ0v) is 24.6. The third kappa shape index (κ3) is 4.75. The number of hydrogen-bond donors (Lipinski definition) is 0. The molecule has 3 aliphatic rings. The summed E-state index contributed by atoms with van der Waals surface area (Å²) in [6.45, 7) is -0.265. The van der Waals surface area contributed by atoms with Crippen molar-refractivity contribution >= 4 is 55.8 Å². The van der Waals surface area contributed by atoms with Crippen molar-refractivity contribution in [2.45, 2.75) is 24.5 Å². The molecule has 7 rings (SSSR count). The first-order valence-electron chi connectivity index (χ1n) is 13.7. The molecule has 0 radical (unpaired) electrons. The van der Waals surface area contributed by atoms with Crippen LogP contribution in [0.4, 0.5) is 5.69 Å². The third-order valence-electron chi connectivity index (χ3n) is 7.99. The second-order valence-corrected chi connectivity index (χ2v) is 11.4. The van der Waals surface area contributed by atoms with Crippen LogP contribution in [0.2, 0.25) is 0 Å². The Hall–Kier alpha value is -4.90. The van der Waals surface area contributed by atoms with E-state index < -0.39 is 23.9 Å². The number of rotatable bonds is 6. The molecule has 10 nitrogen and oxygen atoms in total.